The fourth-order valence-corrected chi connectivity index (χ4v) is 5.37. The first-order valence-corrected chi connectivity index (χ1v) is 14.6. The van der Waals surface area contributed by atoms with Crippen molar-refractivity contribution >= 4 is 39.1 Å². The number of hydrogen-bond acceptors (Lipinski definition) is 6. The predicted molar refractivity (Wildman–Crippen MR) is 144 cm³/mol. The largest absolute Gasteiger partial charge is 0.486 e. The number of carbonyl (C=O) groups is 2. The van der Waals surface area contributed by atoms with Crippen LogP contribution >= 0.6 is 11.6 Å². The summed E-state index contributed by atoms with van der Waals surface area (Å²) >= 11 is 6.34. The maximum Gasteiger partial charge on any atom is 0.242 e. The lowest BCUT2D eigenvalue weighted by molar-refractivity contribution is -0.141. The van der Waals surface area contributed by atoms with Crippen molar-refractivity contribution in [1.29, 1.82) is 0 Å². The van der Waals surface area contributed by atoms with Crippen molar-refractivity contribution < 1.29 is 27.5 Å². The van der Waals surface area contributed by atoms with Crippen molar-refractivity contribution in [3.63, 3.8) is 0 Å². The topological polar surface area (TPSA) is 105 Å². The average Bonchev–Trinajstić information content (AvgIpc) is 2.86. The van der Waals surface area contributed by atoms with E-state index < -0.39 is 16.1 Å². The van der Waals surface area contributed by atoms with Crippen molar-refractivity contribution in [3.8, 4) is 11.5 Å². The van der Waals surface area contributed by atoms with E-state index in [-0.39, 0.29) is 37.7 Å². The summed E-state index contributed by atoms with van der Waals surface area (Å²) in [6.45, 7) is 5.19. The Balaban J connectivity index is 1.77. The van der Waals surface area contributed by atoms with Crippen molar-refractivity contribution in [3.05, 3.63) is 53.1 Å². The Morgan fingerprint density at radius 2 is 1.78 bits per heavy atom. The molecule has 1 aliphatic rings. The quantitative estimate of drug-likeness (QED) is 0.432. The van der Waals surface area contributed by atoms with Crippen LogP contribution in [0.1, 0.15) is 38.7 Å². The van der Waals surface area contributed by atoms with Crippen LogP contribution in [0.5, 0.6) is 11.5 Å². The number of anilines is 1. The Morgan fingerprint density at radius 3 is 2.43 bits per heavy atom. The van der Waals surface area contributed by atoms with Gasteiger partial charge in [0.05, 0.1) is 11.9 Å². The summed E-state index contributed by atoms with van der Waals surface area (Å²) in [5.74, 6) is 0.546. The Labute approximate surface area is 223 Å². The van der Waals surface area contributed by atoms with E-state index >= 15 is 0 Å². The number of nitrogens with zero attached hydrogens (tertiary/aromatic N) is 2. The maximum atomic E-state index is 13.4. The molecule has 2 aromatic carbocycles. The van der Waals surface area contributed by atoms with Gasteiger partial charge in [-0.3, -0.25) is 13.9 Å². The van der Waals surface area contributed by atoms with Crippen LogP contribution in [0.3, 0.4) is 0 Å². The number of amides is 2. The molecule has 0 bridgehead atoms. The number of benzene rings is 2. The van der Waals surface area contributed by atoms with Gasteiger partial charge in [0.1, 0.15) is 19.3 Å². The Bertz CT molecular complexity index is 1210. The molecule has 2 aromatic rings. The SMILES string of the molecule is CCNC(=O)[C@@H](CC)N(Cc1ccccc1Cl)C(=O)CCCN(c1ccc2c(c1)OCCO2)S(C)(=O)=O. The van der Waals surface area contributed by atoms with Gasteiger partial charge in [-0.05, 0) is 43.5 Å². The zero-order chi connectivity index (χ0) is 27.0. The number of nitrogens with one attached hydrogen (secondary N) is 1. The summed E-state index contributed by atoms with van der Waals surface area (Å²) in [4.78, 5) is 27.7. The Kier molecular flexibility index (Phi) is 10.0. The van der Waals surface area contributed by atoms with E-state index in [0.717, 1.165) is 11.8 Å². The number of sulfonamides is 1. The highest BCUT2D eigenvalue weighted by molar-refractivity contribution is 7.92. The molecule has 0 aromatic heterocycles. The van der Waals surface area contributed by atoms with Gasteiger partial charge in [-0.15, -0.1) is 0 Å². The minimum absolute atomic E-state index is 0.0525. The molecule has 0 fully saturated rings. The molecule has 0 saturated carbocycles. The molecule has 1 heterocycles. The van der Waals surface area contributed by atoms with Gasteiger partial charge in [0.25, 0.3) is 0 Å². The minimum atomic E-state index is -3.63. The Hall–Kier alpha value is -2.98. The number of ether oxygens (including phenoxy) is 2. The van der Waals surface area contributed by atoms with E-state index in [4.69, 9.17) is 21.1 Å². The van der Waals surface area contributed by atoms with E-state index in [9.17, 15) is 18.0 Å². The first-order chi connectivity index (χ1) is 17.7. The molecule has 1 aliphatic heterocycles. The third-order valence-corrected chi connectivity index (χ3v) is 7.56. The predicted octanol–water partition coefficient (Wildman–Crippen LogP) is 3.60. The molecule has 0 aliphatic carbocycles. The molecule has 9 nitrogen and oxygen atoms in total. The highest BCUT2D eigenvalue weighted by atomic mass is 35.5. The molecule has 0 unspecified atom stereocenters. The standard InChI is InChI=1S/C26H34ClN3O6S/c1-4-22(26(32)28-5-2)29(18-19-9-6-7-10-21(19)27)25(31)11-8-14-30(37(3,33)34)20-12-13-23-24(17-20)36-16-15-35-23/h6-7,9-10,12-13,17,22H,4-5,8,11,14-16,18H2,1-3H3,(H,28,32)/t22-/m1/s1. The second kappa shape index (κ2) is 13.0. The zero-order valence-corrected chi connectivity index (χ0v) is 23.0. The molecular formula is C26H34ClN3O6S. The van der Waals surface area contributed by atoms with E-state index in [1.54, 1.807) is 30.3 Å². The molecule has 2 amide bonds. The van der Waals surface area contributed by atoms with Gasteiger partial charge < -0.3 is 19.7 Å². The van der Waals surface area contributed by atoms with Gasteiger partial charge in [-0.25, -0.2) is 8.42 Å². The van der Waals surface area contributed by atoms with Crippen LogP contribution in [0.2, 0.25) is 5.02 Å². The van der Waals surface area contributed by atoms with E-state index in [0.29, 0.717) is 48.4 Å². The smallest absolute Gasteiger partial charge is 0.242 e. The second-order valence-corrected chi connectivity index (χ2v) is 11.0. The fraction of sp³-hybridized carbons (Fsp3) is 0.462. The van der Waals surface area contributed by atoms with Crippen LogP contribution in [-0.2, 0) is 26.2 Å². The lowest BCUT2D eigenvalue weighted by atomic mass is 10.1. The van der Waals surface area contributed by atoms with Crippen LogP contribution in [-0.4, -0.2) is 63.7 Å². The first kappa shape index (κ1) is 28.6. The van der Waals surface area contributed by atoms with E-state index in [1.165, 1.54) is 9.21 Å². The maximum absolute atomic E-state index is 13.4. The summed E-state index contributed by atoms with van der Waals surface area (Å²) in [6, 6.07) is 11.5. The summed E-state index contributed by atoms with van der Waals surface area (Å²) in [5.41, 5.74) is 1.16. The molecule has 0 spiro atoms. The number of rotatable bonds is 12. The van der Waals surface area contributed by atoms with Gasteiger partial charge >= 0.3 is 0 Å². The molecule has 0 radical (unpaired) electrons. The number of carbonyl (C=O) groups excluding carboxylic acids is 2. The van der Waals surface area contributed by atoms with Crippen LogP contribution in [0.25, 0.3) is 0 Å². The summed E-state index contributed by atoms with van der Waals surface area (Å²) < 4.78 is 37.6. The van der Waals surface area contributed by atoms with Crippen molar-refractivity contribution in [2.45, 2.75) is 45.7 Å². The van der Waals surface area contributed by atoms with Crippen molar-refractivity contribution in [1.82, 2.24) is 10.2 Å². The van der Waals surface area contributed by atoms with Crippen LogP contribution < -0.4 is 19.1 Å². The van der Waals surface area contributed by atoms with Gasteiger partial charge in [-0.1, -0.05) is 36.7 Å². The molecule has 11 heteroatoms. The van der Waals surface area contributed by atoms with Gasteiger partial charge in [0, 0.05) is 37.1 Å². The third-order valence-electron chi connectivity index (χ3n) is 6.00. The normalized spacial score (nSPS) is 13.5. The third kappa shape index (κ3) is 7.52. The lowest BCUT2D eigenvalue weighted by Gasteiger charge is -2.31. The van der Waals surface area contributed by atoms with Crippen molar-refractivity contribution in [2.75, 3.05) is 36.9 Å². The molecular weight excluding hydrogens is 518 g/mol. The highest BCUT2D eigenvalue weighted by Gasteiger charge is 2.29. The molecule has 1 atom stereocenters. The lowest BCUT2D eigenvalue weighted by Crippen LogP contribution is -2.49. The van der Waals surface area contributed by atoms with Gasteiger partial charge in [0.2, 0.25) is 21.8 Å². The first-order valence-electron chi connectivity index (χ1n) is 12.3. The van der Waals surface area contributed by atoms with E-state index in [1.807, 2.05) is 26.0 Å². The Morgan fingerprint density at radius 1 is 1.08 bits per heavy atom. The van der Waals surface area contributed by atoms with Crippen molar-refractivity contribution in [2.24, 2.45) is 0 Å². The van der Waals surface area contributed by atoms with Crippen LogP contribution in [0.4, 0.5) is 5.69 Å². The molecule has 1 N–H and O–H groups in total. The minimum Gasteiger partial charge on any atom is -0.486 e. The monoisotopic (exact) mass is 551 g/mol. The zero-order valence-electron chi connectivity index (χ0n) is 21.4. The van der Waals surface area contributed by atoms with Crippen LogP contribution in [0.15, 0.2) is 42.5 Å². The molecule has 0 saturated heterocycles. The van der Waals surface area contributed by atoms with Crippen LogP contribution in [0, 0.1) is 0 Å². The number of halogens is 1. The molecule has 202 valence electrons. The summed E-state index contributed by atoms with van der Waals surface area (Å²) in [6.07, 6.45) is 1.86. The van der Waals surface area contributed by atoms with Gasteiger partial charge in [0.15, 0.2) is 11.5 Å². The fourth-order valence-electron chi connectivity index (χ4n) is 4.21. The number of hydrogen-bond donors (Lipinski definition) is 1. The molecule has 3 rings (SSSR count). The number of likely N-dealkylation sites (N-methyl/N-ethyl adjacent to an activating group) is 1. The highest BCUT2D eigenvalue weighted by Crippen LogP contribution is 2.34. The summed E-state index contributed by atoms with van der Waals surface area (Å²) in [7, 11) is -3.63. The summed E-state index contributed by atoms with van der Waals surface area (Å²) in [5, 5.41) is 3.30. The second-order valence-electron chi connectivity index (χ2n) is 8.70. The average molecular weight is 552 g/mol. The molecule has 37 heavy (non-hydrogen) atoms. The van der Waals surface area contributed by atoms with Gasteiger partial charge in [-0.2, -0.15) is 0 Å². The van der Waals surface area contributed by atoms with E-state index in [2.05, 4.69) is 5.32 Å². The number of fused-ring (bicyclic) bond motifs is 1.